The van der Waals surface area contributed by atoms with Gasteiger partial charge < -0.3 is 10.2 Å². The van der Waals surface area contributed by atoms with E-state index in [-0.39, 0.29) is 31.0 Å². The molecule has 6 rings (SSSR count). The zero-order chi connectivity index (χ0) is 20.5. The molecule has 2 aromatic heterocycles. The minimum atomic E-state index is 0. The second kappa shape index (κ2) is 8.67. The molecular weight excluding hydrogens is 438 g/mol. The zero-order valence-electron chi connectivity index (χ0n) is 16.7. The van der Waals surface area contributed by atoms with E-state index in [0.717, 1.165) is 43.4 Å². The van der Waals surface area contributed by atoms with Crippen LogP contribution >= 0.6 is 0 Å². The van der Waals surface area contributed by atoms with E-state index < -0.39 is 0 Å². The number of fused-ring (bicyclic) bond motifs is 6. The number of rotatable bonds is 0. The van der Waals surface area contributed by atoms with Crippen molar-refractivity contribution in [3.8, 4) is 11.5 Å². The van der Waals surface area contributed by atoms with Gasteiger partial charge in [-0.05, 0) is 22.9 Å². The van der Waals surface area contributed by atoms with Gasteiger partial charge in [0.05, 0.1) is 11.0 Å². The van der Waals surface area contributed by atoms with Crippen molar-refractivity contribution in [2.45, 2.75) is 0 Å². The molecule has 0 spiro atoms. The van der Waals surface area contributed by atoms with E-state index in [1.165, 1.54) is 0 Å². The van der Waals surface area contributed by atoms with E-state index in [2.05, 4.69) is 9.97 Å². The second-order valence-corrected chi connectivity index (χ2v) is 6.99. The molecule has 0 bridgehead atoms. The first kappa shape index (κ1) is 20.7. The first-order valence-electron chi connectivity index (χ1n) is 9.59. The Labute approximate surface area is 191 Å². The predicted octanol–water partition coefficient (Wildman–Crippen LogP) is 4.92. The maximum atomic E-state index is 11.8. The fraction of sp³-hybridized carbons (Fsp3) is 0. The van der Waals surface area contributed by atoms with Crippen LogP contribution in [0, 0.1) is 0 Å². The smallest absolute Gasteiger partial charge is 0.872 e. The molecule has 0 aliphatic carbocycles. The number of pyridine rings is 2. The van der Waals surface area contributed by atoms with Crippen molar-refractivity contribution in [3.63, 3.8) is 0 Å². The summed E-state index contributed by atoms with van der Waals surface area (Å²) in [6.45, 7) is 0. The quantitative estimate of drug-likeness (QED) is 0.242. The van der Waals surface area contributed by atoms with Gasteiger partial charge >= 0.3 is 19.5 Å². The Morgan fingerprint density at radius 2 is 0.839 bits per heavy atom. The van der Waals surface area contributed by atoms with Crippen LogP contribution in [0.4, 0.5) is 0 Å². The SMILES string of the molecule is [O-]c1cccc2ccc3cccnc3c12.[O-]c1cccc2ccc3cccnc3c12.[Zn+2]. The zero-order valence-corrected chi connectivity index (χ0v) is 19.6. The summed E-state index contributed by atoms with van der Waals surface area (Å²) in [4.78, 5) is 8.54. The van der Waals surface area contributed by atoms with Gasteiger partial charge in [-0.1, -0.05) is 84.3 Å². The Bertz CT molecular complexity index is 1420. The number of benzene rings is 4. The molecule has 0 N–H and O–H groups in total. The van der Waals surface area contributed by atoms with Crippen LogP contribution in [0.1, 0.15) is 0 Å². The Balaban J connectivity index is 0.000000144. The van der Waals surface area contributed by atoms with E-state index >= 15 is 0 Å². The van der Waals surface area contributed by atoms with E-state index in [1.54, 1.807) is 36.7 Å². The molecule has 2 heterocycles. The maximum absolute atomic E-state index is 11.8. The van der Waals surface area contributed by atoms with Crippen molar-refractivity contribution in [1.29, 1.82) is 0 Å². The fourth-order valence-corrected chi connectivity index (χ4v) is 3.76. The largest absolute Gasteiger partial charge is 2.00 e. The summed E-state index contributed by atoms with van der Waals surface area (Å²) in [5.41, 5.74) is 1.58. The van der Waals surface area contributed by atoms with Crippen molar-refractivity contribution in [1.82, 2.24) is 9.97 Å². The number of hydrogen-bond acceptors (Lipinski definition) is 4. The molecule has 0 atom stereocenters. The third-order valence-electron chi connectivity index (χ3n) is 5.15. The van der Waals surface area contributed by atoms with Gasteiger partial charge in [-0.25, -0.2) is 0 Å². The Kier molecular flexibility index (Phi) is 5.79. The van der Waals surface area contributed by atoms with Gasteiger partial charge in [-0.15, -0.1) is 0 Å². The minimum Gasteiger partial charge on any atom is -0.872 e. The predicted molar refractivity (Wildman–Crippen MR) is 117 cm³/mol. The molecule has 0 saturated heterocycles. The van der Waals surface area contributed by atoms with Crippen LogP contribution in [0.3, 0.4) is 0 Å². The van der Waals surface area contributed by atoms with Gasteiger partial charge in [0.1, 0.15) is 0 Å². The first-order valence-corrected chi connectivity index (χ1v) is 9.59. The molecule has 0 aliphatic heterocycles. The maximum Gasteiger partial charge on any atom is 2.00 e. The monoisotopic (exact) mass is 452 g/mol. The van der Waals surface area contributed by atoms with Crippen LogP contribution in [-0.4, -0.2) is 9.97 Å². The van der Waals surface area contributed by atoms with Crippen molar-refractivity contribution < 1.29 is 29.7 Å². The Morgan fingerprint density at radius 1 is 0.452 bits per heavy atom. The van der Waals surface area contributed by atoms with E-state index in [4.69, 9.17) is 0 Å². The molecule has 0 saturated carbocycles. The van der Waals surface area contributed by atoms with Crippen LogP contribution in [0.5, 0.6) is 11.5 Å². The molecule has 0 amide bonds. The third-order valence-corrected chi connectivity index (χ3v) is 5.15. The average molecular weight is 454 g/mol. The third kappa shape index (κ3) is 3.80. The summed E-state index contributed by atoms with van der Waals surface area (Å²) >= 11 is 0. The second-order valence-electron chi connectivity index (χ2n) is 6.99. The Hall–Kier alpha value is -3.56. The minimum absolute atomic E-state index is 0. The standard InChI is InChI=1S/2C13H9NO.Zn/c2*15-11-5-1-3-9-6-7-10-4-2-8-14-13(10)12(9)11;/h2*1-8,15H;/q;;+2/p-2. The van der Waals surface area contributed by atoms with Gasteiger partial charge in [-0.2, -0.15) is 0 Å². The molecule has 0 radical (unpaired) electrons. The molecule has 6 aromatic rings. The normalized spacial score (nSPS) is 10.6. The van der Waals surface area contributed by atoms with Crippen molar-refractivity contribution in [2.24, 2.45) is 0 Å². The van der Waals surface area contributed by atoms with Crippen molar-refractivity contribution >= 4 is 43.4 Å². The van der Waals surface area contributed by atoms with Crippen LogP contribution in [0.25, 0.3) is 43.4 Å². The summed E-state index contributed by atoms with van der Waals surface area (Å²) in [5, 5.41) is 28.9. The molecule has 31 heavy (non-hydrogen) atoms. The molecule has 0 fully saturated rings. The molecular formula is C26H16N2O2Zn. The molecule has 0 unspecified atom stereocenters. The van der Waals surface area contributed by atoms with Crippen molar-refractivity contribution in [3.05, 3.63) is 97.3 Å². The molecule has 144 valence electrons. The van der Waals surface area contributed by atoms with Crippen LogP contribution in [0.2, 0.25) is 0 Å². The summed E-state index contributed by atoms with van der Waals surface area (Å²) in [6, 6.07) is 26.2. The van der Waals surface area contributed by atoms with Gasteiger partial charge in [0.25, 0.3) is 0 Å². The number of nitrogens with zero attached hydrogens (tertiary/aromatic N) is 2. The first-order chi connectivity index (χ1) is 14.7. The van der Waals surface area contributed by atoms with Gasteiger partial charge in [0, 0.05) is 33.9 Å². The fourth-order valence-electron chi connectivity index (χ4n) is 3.76. The molecule has 4 nitrogen and oxygen atoms in total. The summed E-state index contributed by atoms with van der Waals surface area (Å²) < 4.78 is 0. The molecule has 0 aliphatic rings. The number of hydrogen-bond donors (Lipinski definition) is 0. The summed E-state index contributed by atoms with van der Waals surface area (Å²) in [6.07, 6.45) is 3.43. The Morgan fingerprint density at radius 3 is 1.29 bits per heavy atom. The van der Waals surface area contributed by atoms with Crippen molar-refractivity contribution in [2.75, 3.05) is 0 Å². The van der Waals surface area contributed by atoms with E-state index in [9.17, 15) is 10.2 Å². The molecule has 4 aromatic carbocycles. The number of aromatic nitrogens is 2. The molecule has 5 heteroatoms. The van der Waals surface area contributed by atoms with Crippen LogP contribution in [-0.2, 0) is 19.5 Å². The van der Waals surface area contributed by atoms with Crippen LogP contribution < -0.4 is 10.2 Å². The topological polar surface area (TPSA) is 71.9 Å². The van der Waals surface area contributed by atoms with Gasteiger partial charge in [0.2, 0.25) is 0 Å². The van der Waals surface area contributed by atoms with E-state index in [1.807, 2.05) is 60.7 Å². The summed E-state index contributed by atoms with van der Waals surface area (Å²) in [7, 11) is 0. The van der Waals surface area contributed by atoms with E-state index in [0.29, 0.717) is 0 Å². The van der Waals surface area contributed by atoms with Gasteiger partial charge in [-0.3, -0.25) is 9.97 Å². The van der Waals surface area contributed by atoms with Gasteiger partial charge in [0.15, 0.2) is 0 Å². The summed E-state index contributed by atoms with van der Waals surface area (Å²) in [5.74, 6) is 0.0774. The average Bonchev–Trinajstić information content (AvgIpc) is 2.79. The van der Waals surface area contributed by atoms with Crippen LogP contribution in [0.15, 0.2) is 97.3 Å².